The van der Waals surface area contributed by atoms with Gasteiger partial charge in [-0.2, -0.15) is 0 Å². The second-order valence-electron chi connectivity index (χ2n) is 3.71. The molecule has 11 heteroatoms. The van der Waals surface area contributed by atoms with Crippen molar-refractivity contribution in [2.24, 2.45) is 5.73 Å². The van der Waals surface area contributed by atoms with Crippen LogP contribution in [0.2, 0.25) is 10.0 Å². The Morgan fingerprint density at radius 1 is 1.24 bits per heavy atom. The van der Waals surface area contributed by atoms with Crippen molar-refractivity contribution in [1.82, 2.24) is 5.32 Å². The third-order valence-electron chi connectivity index (χ3n) is 2.19. The van der Waals surface area contributed by atoms with Gasteiger partial charge in [-0.3, -0.25) is 10.1 Å². The summed E-state index contributed by atoms with van der Waals surface area (Å²) in [6.45, 7) is 0. The number of halogens is 2. The van der Waals surface area contributed by atoms with E-state index in [0.29, 0.717) is 0 Å². The van der Waals surface area contributed by atoms with Gasteiger partial charge in [-0.1, -0.05) is 23.2 Å². The summed E-state index contributed by atoms with van der Waals surface area (Å²) in [6, 6.07) is 0.767. The first-order chi connectivity index (χ1) is 9.56. The number of primary amides is 1. The first-order valence-corrected chi connectivity index (χ1v) is 7.50. The van der Waals surface area contributed by atoms with Crippen LogP contribution in [0, 0.1) is 0 Å². The van der Waals surface area contributed by atoms with E-state index in [0.717, 1.165) is 12.1 Å². The Bertz CT molecular complexity index is 731. The topological polar surface area (TPSA) is 144 Å². The number of rotatable bonds is 4. The zero-order valence-electron chi connectivity index (χ0n) is 10.1. The number of hydrogen-bond donors (Lipinski definition) is 3. The number of carboxylic acids is 1. The summed E-state index contributed by atoms with van der Waals surface area (Å²) in [4.78, 5) is 32.1. The molecular weight excluding hydrogens is 347 g/mol. The fraction of sp³-hybridized carbons (Fsp3) is 0.100. The molecule has 0 radical (unpaired) electrons. The van der Waals surface area contributed by atoms with E-state index >= 15 is 0 Å². The number of benzene rings is 1. The van der Waals surface area contributed by atoms with E-state index in [1.807, 2.05) is 0 Å². The van der Waals surface area contributed by atoms with Gasteiger partial charge in [0.1, 0.15) is 5.75 Å². The summed E-state index contributed by atoms with van der Waals surface area (Å²) in [5.41, 5.74) is 4.08. The molecule has 0 aliphatic heterocycles. The Morgan fingerprint density at radius 2 is 1.81 bits per heavy atom. The number of carboxylic acid groups (broad SMARTS) is 1. The van der Waals surface area contributed by atoms with Gasteiger partial charge >= 0.3 is 12.0 Å². The number of urea groups is 1. The quantitative estimate of drug-likeness (QED) is 0.724. The maximum Gasteiger partial charge on any atom is 0.338 e. The van der Waals surface area contributed by atoms with E-state index in [1.54, 1.807) is 5.32 Å². The molecule has 0 saturated heterocycles. The van der Waals surface area contributed by atoms with Gasteiger partial charge in [-0.25, -0.2) is 18.0 Å². The molecule has 0 bridgehead atoms. The van der Waals surface area contributed by atoms with E-state index < -0.39 is 49.0 Å². The summed E-state index contributed by atoms with van der Waals surface area (Å²) < 4.78 is 24.0. The van der Waals surface area contributed by atoms with Crippen molar-refractivity contribution in [3.05, 3.63) is 27.7 Å². The molecule has 0 unspecified atom stereocenters. The fourth-order valence-corrected chi connectivity index (χ4v) is 3.50. The van der Waals surface area contributed by atoms with E-state index in [9.17, 15) is 22.8 Å². The molecule has 114 valence electrons. The van der Waals surface area contributed by atoms with Gasteiger partial charge in [0.2, 0.25) is 5.91 Å². The van der Waals surface area contributed by atoms with Crippen molar-refractivity contribution in [3.8, 4) is 0 Å². The van der Waals surface area contributed by atoms with Crippen LogP contribution in [0.3, 0.4) is 0 Å². The molecule has 4 N–H and O–H groups in total. The summed E-state index contributed by atoms with van der Waals surface area (Å²) in [5, 5.41) is 9.63. The average Bonchev–Trinajstić information content (AvgIpc) is 2.25. The van der Waals surface area contributed by atoms with Gasteiger partial charge in [0.15, 0.2) is 9.84 Å². The number of carbonyl (C=O) groups excluding carboxylic acids is 2. The smallest absolute Gasteiger partial charge is 0.338 e. The van der Waals surface area contributed by atoms with Gasteiger partial charge in [0, 0.05) is 0 Å². The first-order valence-electron chi connectivity index (χ1n) is 5.09. The molecule has 0 heterocycles. The van der Waals surface area contributed by atoms with Gasteiger partial charge < -0.3 is 10.8 Å². The van der Waals surface area contributed by atoms with Gasteiger partial charge in [-0.05, 0) is 12.1 Å². The predicted octanol–water partition coefficient (Wildman–Crippen LogP) is 0.660. The molecule has 8 nitrogen and oxygen atoms in total. The normalized spacial score (nSPS) is 11.0. The van der Waals surface area contributed by atoms with E-state index in [4.69, 9.17) is 28.3 Å². The zero-order valence-corrected chi connectivity index (χ0v) is 12.4. The highest BCUT2D eigenvalue weighted by Gasteiger charge is 2.27. The van der Waals surface area contributed by atoms with Crippen LogP contribution in [0.5, 0.6) is 0 Å². The Hall–Kier alpha value is -1.84. The lowest BCUT2D eigenvalue weighted by atomic mass is 10.2. The molecular formula is C10H8Cl2N2O6S. The summed E-state index contributed by atoms with van der Waals surface area (Å²) in [7, 11) is -4.28. The third-order valence-corrected chi connectivity index (χ3v) is 4.66. The molecule has 3 amide bonds. The number of carbonyl (C=O) groups is 3. The van der Waals surface area contributed by atoms with Crippen molar-refractivity contribution >= 4 is 50.9 Å². The van der Waals surface area contributed by atoms with Crippen molar-refractivity contribution in [3.63, 3.8) is 0 Å². The number of nitrogens with two attached hydrogens (primary N) is 1. The highest BCUT2D eigenvalue weighted by molar-refractivity contribution is 7.92. The molecule has 0 spiro atoms. The maximum absolute atomic E-state index is 12.0. The van der Waals surface area contributed by atoms with Crippen molar-refractivity contribution in [1.29, 1.82) is 0 Å². The first kappa shape index (κ1) is 17.2. The number of hydrogen-bond acceptors (Lipinski definition) is 5. The van der Waals surface area contributed by atoms with E-state index in [-0.39, 0.29) is 5.02 Å². The molecule has 0 aliphatic rings. The SMILES string of the molecule is NC(=O)NC(=O)CS(=O)(=O)c1ccc(Cl)c(C(=O)O)c1Cl. The van der Waals surface area contributed by atoms with Crippen LogP contribution in [0.1, 0.15) is 10.4 Å². The van der Waals surface area contributed by atoms with Crippen LogP contribution in [-0.4, -0.2) is 37.2 Å². The van der Waals surface area contributed by atoms with Crippen molar-refractivity contribution in [2.45, 2.75) is 4.90 Å². The van der Waals surface area contributed by atoms with Crippen LogP contribution in [0.25, 0.3) is 0 Å². The minimum Gasteiger partial charge on any atom is -0.478 e. The predicted molar refractivity (Wildman–Crippen MR) is 73.2 cm³/mol. The molecule has 0 aliphatic carbocycles. The van der Waals surface area contributed by atoms with Crippen LogP contribution in [-0.2, 0) is 14.6 Å². The highest BCUT2D eigenvalue weighted by atomic mass is 35.5. The molecule has 0 fully saturated rings. The highest BCUT2D eigenvalue weighted by Crippen LogP contribution is 2.31. The zero-order chi connectivity index (χ0) is 16.4. The molecule has 1 aromatic rings. The second-order valence-corrected chi connectivity index (χ2v) is 6.45. The van der Waals surface area contributed by atoms with Gasteiger partial charge in [0.25, 0.3) is 0 Å². The third kappa shape index (κ3) is 4.06. The minimum atomic E-state index is -4.28. The summed E-state index contributed by atoms with van der Waals surface area (Å²) >= 11 is 11.3. The number of amides is 3. The number of nitrogens with one attached hydrogen (secondary N) is 1. The summed E-state index contributed by atoms with van der Waals surface area (Å²) in [6.07, 6.45) is 0. The van der Waals surface area contributed by atoms with E-state index in [2.05, 4.69) is 5.73 Å². The average molecular weight is 355 g/mol. The molecule has 1 rings (SSSR count). The molecule has 1 aromatic carbocycles. The summed E-state index contributed by atoms with van der Waals surface area (Å²) in [5.74, 6) is -3.83. The number of aromatic carboxylic acids is 1. The lowest BCUT2D eigenvalue weighted by Crippen LogP contribution is -2.38. The molecule has 0 aromatic heterocycles. The Balaban J connectivity index is 3.27. The van der Waals surface area contributed by atoms with Crippen LogP contribution in [0.4, 0.5) is 4.79 Å². The standard InChI is InChI=1S/C10H8Cl2N2O6S/c11-4-1-2-5(8(12)7(4)9(16)17)21(19,20)3-6(15)14-10(13)18/h1-2H,3H2,(H,16,17)(H3,13,14,15,18). The fourth-order valence-electron chi connectivity index (χ4n) is 1.39. The largest absolute Gasteiger partial charge is 0.478 e. The van der Waals surface area contributed by atoms with Crippen molar-refractivity contribution < 1.29 is 27.9 Å². The van der Waals surface area contributed by atoms with Crippen LogP contribution >= 0.6 is 23.2 Å². The Kier molecular flexibility index (Phi) is 5.15. The lowest BCUT2D eigenvalue weighted by Gasteiger charge is -2.09. The molecule has 21 heavy (non-hydrogen) atoms. The Morgan fingerprint density at radius 3 is 2.29 bits per heavy atom. The van der Waals surface area contributed by atoms with E-state index in [1.165, 1.54) is 0 Å². The van der Waals surface area contributed by atoms with Crippen molar-refractivity contribution in [2.75, 3.05) is 5.75 Å². The molecule has 0 atom stereocenters. The minimum absolute atomic E-state index is 0.256. The van der Waals surface area contributed by atoms with Gasteiger partial charge in [0.05, 0.1) is 20.5 Å². The number of sulfone groups is 1. The maximum atomic E-state index is 12.0. The second kappa shape index (κ2) is 6.29. The van der Waals surface area contributed by atoms with Gasteiger partial charge in [-0.15, -0.1) is 0 Å². The van der Waals surface area contributed by atoms with Crippen LogP contribution < -0.4 is 11.1 Å². The lowest BCUT2D eigenvalue weighted by molar-refractivity contribution is -0.117. The van der Waals surface area contributed by atoms with Crippen LogP contribution in [0.15, 0.2) is 17.0 Å². The monoisotopic (exact) mass is 354 g/mol. The Labute approximate surface area is 128 Å². The molecule has 0 saturated carbocycles. The number of imide groups is 1.